The van der Waals surface area contributed by atoms with Crippen LogP contribution in [0, 0.1) is 5.92 Å². The van der Waals surface area contributed by atoms with Crippen molar-refractivity contribution in [3.05, 3.63) is 52.0 Å². The van der Waals surface area contributed by atoms with Crippen LogP contribution in [0.25, 0.3) is 0 Å². The summed E-state index contributed by atoms with van der Waals surface area (Å²) in [7, 11) is 0. The van der Waals surface area contributed by atoms with E-state index in [0.717, 1.165) is 17.2 Å². The van der Waals surface area contributed by atoms with Crippen molar-refractivity contribution in [1.82, 2.24) is 15.2 Å². The number of nitrogens with one attached hydrogen (secondary N) is 1. The average molecular weight is 372 g/mol. The molecular formula is C21H29N3OS. The van der Waals surface area contributed by atoms with E-state index in [1.165, 1.54) is 24.8 Å². The van der Waals surface area contributed by atoms with Crippen LogP contribution in [0.4, 0.5) is 4.79 Å². The number of benzene rings is 1. The van der Waals surface area contributed by atoms with Gasteiger partial charge in [0, 0.05) is 23.9 Å². The molecule has 1 N–H and O–H groups in total. The Kier molecular flexibility index (Phi) is 5.97. The van der Waals surface area contributed by atoms with Crippen molar-refractivity contribution >= 4 is 17.4 Å². The highest BCUT2D eigenvalue weighted by Gasteiger charge is 2.24. The molecule has 1 saturated carbocycles. The summed E-state index contributed by atoms with van der Waals surface area (Å²) in [4.78, 5) is 19.4. The monoisotopic (exact) mass is 371 g/mol. The number of rotatable bonds is 6. The van der Waals surface area contributed by atoms with Crippen molar-refractivity contribution < 1.29 is 4.79 Å². The quantitative estimate of drug-likeness (QED) is 0.780. The zero-order valence-electron chi connectivity index (χ0n) is 16.0. The van der Waals surface area contributed by atoms with E-state index in [1.54, 1.807) is 11.3 Å². The maximum Gasteiger partial charge on any atom is 0.318 e. The normalized spacial score (nSPS) is 14.7. The fraction of sp³-hybridized carbons (Fsp3) is 0.524. The first kappa shape index (κ1) is 18.9. The van der Waals surface area contributed by atoms with Gasteiger partial charge in [-0.2, -0.15) is 0 Å². The Morgan fingerprint density at radius 3 is 2.58 bits per heavy atom. The zero-order valence-corrected chi connectivity index (χ0v) is 16.8. The molecule has 4 nitrogen and oxygen atoms in total. The van der Waals surface area contributed by atoms with E-state index in [1.807, 2.05) is 28.5 Å². The fourth-order valence-corrected chi connectivity index (χ4v) is 3.93. The topological polar surface area (TPSA) is 45.2 Å². The van der Waals surface area contributed by atoms with Gasteiger partial charge in [-0.05, 0) is 24.3 Å². The summed E-state index contributed by atoms with van der Waals surface area (Å²) in [6.07, 6.45) is 3.76. The molecule has 1 heterocycles. The molecule has 0 unspecified atom stereocenters. The molecule has 0 radical (unpaired) electrons. The van der Waals surface area contributed by atoms with Gasteiger partial charge in [-0.25, -0.2) is 9.78 Å². The van der Waals surface area contributed by atoms with Gasteiger partial charge in [-0.1, -0.05) is 57.5 Å². The molecule has 0 saturated heterocycles. The zero-order chi connectivity index (χ0) is 18.6. The third-order valence-corrected chi connectivity index (χ3v) is 6.14. The van der Waals surface area contributed by atoms with Crippen LogP contribution in [-0.2, 0) is 18.5 Å². The Labute approximate surface area is 160 Å². The van der Waals surface area contributed by atoms with Gasteiger partial charge < -0.3 is 10.2 Å². The number of thiazole rings is 1. The second kappa shape index (κ2) is 8.21. The summed E-state index contributed by atoms with van der Waals surface area (Å²) in [5, 5.41) is 6.23. The van der Waals surface area contributed by atoms with Crippen LogP contribution >= 0.6 is 11.3 Å². The molecule has 2 aromatic rings. The van der Waals surface area contributed by atoms with Gasteiger partial charge in [-0.3, -0.25) is 0 Å². The summed E-state index contributed by atoms with van der Waals surface area (Å²) >= 11 is 1.67. The highest BCUT2D eigenvalue weighted by molar-refractivity contribution is 7.09. The lowest BCUT2D eigenvalue weighted by Crippen LogP contribution is -2.43. The van der Waals surface area contributed by atoms with Crippen LogP contribution in [0.3, 0.4) is 0 Å². The van der Waals surface area contributed by atoms with Gasteiger partial charge in [0.2, 0.25) is 0 Å². The van der Waals surface area contributed by atoms with E-state index in [9.17, 15) is 4.79 Å². The minimum absolute atomic E-state index is 0.00561. The number of nitrogens with zero attached hydrogens (tertiary/aromatic N) is 2. The Hall–Kier alpha value is -1.88. The molecule has 1 aromatic heterocycles. The first-order valence-electron chi connectivity index (χ1n) is 9.43. The van der Waals surface area contributed by atoms with Gasteiger partial charge in [0.05, 0.1) is 17.2 Å². The number of urea groups is 1. The smallest absolute Gasteiger partial charge is 0.318 e. The standard InChI is InChI=1S/C21H29N3OS/c1-21(2,3)19-23-18(15-26-19)12-22-20(25)24(14-17-10-7-11-17)13-16-8-5-4-6-9-16/h4-6,8-9,15,17H,7,10-14H2,1-3H3,(H,22,25). The van der Waals surface area contributed by atoms with Gasteiger partial charge in [0.15, 0.2) is 0 Å². The lowest BCUT2D eigenvalue weighted by atomic mass is 9.85. The van der Waals surface area contributed by atoms with Crippen molar-refractivity contribution in [2.24, 2.45) is 5.92 Å². The van der Waals surface area contributed by atoms with Crippen LogP contribution in [0.2, 0.25) is 0 Å². The minimum atomic E-state index is 0.00561. The summed E-state index contributed by atoms with van der Waals surface area (Å²) in [5.41, 5.74) is 2.17. The van der Waals surface area contributed by atoms with Crippen molar-refractivity contribution in [3.63, 3.8) is 0 Å². The Bertz CT molecular complexity index is 716. The van der Waals surface area contributed by atoms with E-state index in [2.05, 4.69) is 43.2 Å². The first-order chi connectivity index (χ1) is 12.4. The van der Waals surface area contributed by atoms with Crippen LogP contribution in [0.15, 0.2) is 35.7 Å². The lowest BCUT2D eigenvalue weighted by molar-refractivity contribution is 0.164. The SMILES string of the molecule is CC(C)(C)c1nc(CNC(=O)N(Cc2ccccc2)CC2CCC2)cs1. The van der Waals surface area contributed by atoms with Gasteiger partial charge >= 0.3 is 6.03 Å². The van der Waals surface area contributed by atoms with Gasteiger partial charge in [-0.15, -0.1) is 11.3 Å². The maximum atomic E-state index is 12.8. The Morgan fingerprint density at radius 2 is 2.00 bits per heavy atom. The number of carbonyl (C=O) groups is 1. The molecule has 140 valence electrons. The molecule has 0 bridgehead atoms. The number of hydrogen-bond acceptors (Lipinski definition) is 3. The average Bonchev–Trinajstić information content (AvgIpc) is 3.05. The third kappa shape index (κ3) is 5.07. The molecule has 3 rings (SSSR count). The van der Waals surface area contributed by atoms with Crippen molar-refractivity contribution in [1.29, 1.82) is 0 Å². The number of amides is 2. The largest absolute Gasteiger partial charge is 0.332 e. The number of hydrogen-bond donors (Lipinski definition) is 1. The maximum absolute atomic E-state index is 12.8. The van der Waals surface area contributed by atoms with E-state index in [4.69, 9.17) is 0 Å². The Morgan fingerprint density at radius 1 is 1.27 bits per heavy atom. The van der Waals surface area contributed by atoms with E-state index < -0.39 is 0 Å². The fourth-order valence-electron chi connectivity index (χ4n) is 3.02. The van der Waals surface area contributed by atoms with Crippen LogP contribution in [-0.4, -0.2) is 22.5 Å². The minimum Gasteiger partial charge on any atom is -0.332 e. The third-order valence-electron chi connectivity index (χ3n) is 4.82. The van der Waals surface area contributed by atoms with Crippen molar-refractivity contribution in [3.8, 4) is 0 Å². The molecule has 1 aliphatic rings. The summed E-state index contributed by atoms with van der Waals surface area (Å²) in [5.74, 6) is 0.649. The molecule has 2 amide bonds. The molecule has 0 atom stereocenters. The van der Waals surface area contributed by atoms with Crippen molar-refractivity contribution in [2.45, 2.75) is 58.5 Å². The molecular weight excluding hydrogens is 342 g/mol. The van der Waals surface area contributed by atoms with Crippen LogP contribution in [0.5, 0.6) is 0 Å². The molecule has 1 aliphatic carbocycles. The second-order valence-electron chi connectivity index (χ2n) is 8.22. The Balaban J connectivity index is 1.60. The van der Waals surface area contributed by atoms with E-state index in [-0.39, 0.29) is 11.4 Å². The van der Waals surface area contributed by atoms with E-state index >= 15 is 0 Å². The van der Waals surface area contributed by atoms with Gasteiger partial charge in [0.1, 0.15) is 0 Å². The predicted octanol–water partition coefficient (Wildman–Crippen LogP) is 4.95. The van der Waals surface area contributed by atoms with Crippen LogP contribution < -0.4 is 5.32 Å². The second-order valence-corrected chi connectivity index (χ2v) is 9.07. The molecule has 0 spiro atoms. The number of aromatic nitrogens is 1. The molecule has 26 heavy (non-hydrogen) atoms. The summed E-state index contributed by atoms with van der Waals surface area (Å²) in [6, 6.07) is 10.2. The van der Waals surface area contributed by atoms with Gasteiger partial charge in [0.25, 0.3) is 0 Å². The molecule has 1 aromatic carbocycles. The van der Waals surface area contributed by atoms with Crippen molar-refractivity contribution in [2.75, 3.05) is 6.54 Å². The number of carbonyl (C=O) groups excluding carboxylic acids is 1. The summed E-state index contributed by atoms with van der Waals surface area (Å²) < 4.78 is 0. The molecule has 1 fully saturated rings. The summed E-state index contributed by atoms with van der Waals surface area (Å²) in [6.45, 7) is 8.47. The predicted molar refractivity (Wildman–Crippen MR) is 107 cm³/mol. The molecule has 0 aliphatic heterocycles. The first-order valence-corrected chi connectivity index (χ1v) is 10.3. The molecule has 5 heteroatoms. The highest BCUT2D eigenvalue weighted by atomic mass is 32.1. The highest BCUT2D eigenvalue weighted by Crippen LogP contribution is 2.28. The lowest BCUT2D eigenvalue weighted by Gasteiger charge is -2.32. The van der Waals surface area contributed by atoms with E-state index in [0.29, 0.717) is 19.0 Å². The van der Waals surface area contributed by atoms with Crippen LogP contribution in [0.1, 0.15) is 56.3 Å².